The van der Waals surface area contributed by atoms with Crippen molar-refractivity contribution in [1.29, 1.82) is 0 Å². The highest BCUT2D eigenvalue weighted by Gasteiger charge is 2.08. The minimum absolute atomic E-state index is 0.238. The summed E-state index contributed by atoms with van der Waals surface area (Å²) in [5.41, 5.74) is 1.23. The van der Waals surface area contributed by atoms with Crippen molar-refractivity contribution in [3.8, 4) is 0 Å². The van der Waals surface area contributed by atoms with Crippen LogP contribution in [0.1, 0.15) is 19.4 Å². The Morgan fingerprint density at radius 2 is 1.92 bits per heavy atom. The van der Waals surface area contributed by atoms with Gasteiger partial charge in [0.2, 0.25) is 0 Å². The first kappa shape index (κ1) is 9.20. The summed E-state index contributed by atoms with van der Waals surface area (Å²) in [5.74, 6) is 0.312. The average Bonchev–Trinajstić information content (AvgIpc) is 2.06. The van der Waals surface area contributed by atoms with Gasteiger partial charge in [0.15, 0.2) is 0 Å². The van der Waals surface area contributed by atoms with Gasteiger partial charge < -0.3 is 5.11 Å². The number of pyridine rings is 1. The molecule has 1 rings (SSSR count). The van der Waals surface area contributed by atoms with Crippen LogP contribution in [0.25, 0.3) is 0 Å². The zero-order valence-corrected chi connectivity index (χ0v) is 7.57. The van der Waals surface area contributed by atoms with Crippen LogP contribution in [0.2, 0.25) is 0 Å². The second-order valence-electron chi connectivity index (χ2n) is 3.28. The largest absolute Gasteiger partial charge is 0.393 e. The van der Waals surface area contributed by atoms with Gasteiger partial charge in [0, 0.05) is 12.4 Å². The van der Waals surface area contributed by atoms with Crippen LogP contribution in [0.4, 0.5) is 0 Å². The van der Waals surface area contributed by atoms with Crippen LogP contribution in [0.15, 0.2) is 24.5 Å². The molecule has 0 saturated heterocycles. The van der Waals surface area contributed by atoms with Crippen LogP contribution in [-0.2, 0) is 6.42 Å². The van der Waals surface area contributed by atoms with E-state index in [-0.39, 0.29) is 6.10 Å². The van der Waals surface area contributed by atoms with E-state index in [1.165, 1.54) is 5.56 Å². The third-order valence-electron chi connectivity index (χ3n) is 2.13. The fraction of sp³-hybridized carbons (Fsp3) is 0.500. The van der Waals surface area contributed by atoms with Gasteiger partial charge in [-0.25, -0.2) is 0 Å². The normalized spacial score (nSPS) is 15.6. The van der Waals surface area contributed by atoms with E-state index in [0.717, 1.165) is 6.42 Å². The van der Waals surface area contributed by atoms with Crippen molar-refractivity contribution in [2.75, 3.05) is 0 Å². The Bertz CT molecular complexity index is 221. The van der Waals surface area contributed by atoms with Gasteiger partial charge in [-0.2, -0.15) is 0 Å². The van der Waals surface area contributed by atoms with Crippen molar-refractivity contribution in [1.82, 2.24) is 4.98 Å². The van der Waals surface area contributed by atoms with Gasteiger partial charge in [0.25, 0.3) is 0 Å². The molecule has 0 amide bonds. The lowest BCUT2D eigenvalue weighted by atomic mass is 9.98. The SMILES string of the molecule is CC(O)C(C)Cc1ccncc1. The van der Waals surface area contributed by atoms with E-state index in [4.69, 9.17) is 0 Å². The number of aliphatic hydroxyl groups excluding tert-OH is 1. The Labute approximate surface area is 73.3 Å². The number of nitrogens with zero attached hydrogens (tertiary/aromatic N) is 1. The molecular weight excluding hydrogens is 150 g/mol. The summed E-state index contributed by atoms with van der Waals surface area (Å²) in [4.78, 5) is 3.94. The molecule has 0 aliphatic rings. The highest BCUT2D eigenvalue weighted by molar-refractivity contribution is 5.10. The number of aromatic nitrogens is 1. The monoisotopic (exact) mass is 165 g/mol. The molecule has 1 heterocycles. The molecule has 0 aliphatic heterocycles. The molecule has 0 aromatic carbocycles. The van der Waals surface area contributed by atoms with Gasteiger partial charge >= 0.3 is 0 Å². The second-order valence-corrected chi connectivity index (χ2v) is 3.28. The molecule has 1 aromatic heterocycles. The highest BCUT2D eigenvalue weighted by atomic mass is 16.3. The smallest absolute Gasteiger partial charge is 0.0540 e. The minimum Gasteiger partial charge on any atom is -0.393 e. The van der Waals surface area contributed by atoms with E-state index >= 15 is 0 Å². The Balaban J connectivity index is 2.53. The van der Waals surface area contributed by atoms with Crippen LogP contribution >= 0.6 is 0 Å². The molecule has 2 atom stereocenters. The topological polar surface area (TPSA) is 33.1 Å². The summed E-state index contributed by atoms with van der Waals surface area (Å²) in [6.45, 7) is 3.87. The summed E-state index contributed by atoms with van der Waals surface area (Å²) in [5, 5.41) is 9.27. The molecular formula is C10H15NO. The van der Waals surface area contributed by atoms with Crippen molar-refractivity contribution in [3.63, 3.8) is 0 Å². The van der Waals surface area contributed by atoms with Gasteiger partial charge in [-0.1, -0.05) is 6.92 Å². The number of hydrogen-bond acceptors (Lipinski definition) is 2. The minimum atomic E-state index is -0.238. The Kier molecular flexibility index (Phi) is 3.23. The van der Waals surface area contributed by atoms with Crippen molar-refractivity contribution in [2.45, 2.75) is 26.4 Å². The Morgan fingerprint density at radius 1 is 1.33 bits per heavy atom. The van der Waals surface area contributed by atoms with Crippen LogP contribution < -0.4 is 0 Å². The van der Waals surface area contributed by atoms with E-state index in [2.05, 4.69) is 4.98 Å². The lowest BCUT2D eigenvalue weighted by Gasteiger charge is -2.13. The Hall–Kier alpha value is -0.890. The van der Waals surface area contributed by atoms with Crippen LogP contribution in [0.5, 0.6) is 0 Å². The fourth-order valence-corrected chi connectivity index (χ4v) is 1.06. The first-order valence-electron chi connectivity index (χ1n) is 4.27. The third kappa shape index (κ3) is 2.62. The molecule has 0 radical (unpaired) electrons. The van der Waals surface area contributed by atoms with E-state index < -0.39 is 0 Å². The number of hydrogen-bond donors (Lipinski definition) is 1. The molecule has 1 aromatic rings. The molecule has 12 heavy (non-hydrogen) atoms. The van der Waals surface area contributed by atoms with Crippen molar-refractivity contribution >= 4 is 0 Å². The van der Waals surface area contributed by atoms with Gasteiger partial charge in [-0.05, 0) is 37.0 Å². The van der Waals surface area contributed by atoms with Crippen molar-refractivity contribution < 1.29 is 5.11 Å². The molecule has 0 fully saturated rings. The maximum absolute atomic E-state index is 9.27. The molecule has 0 aliphatic carbocycles. The van der Waals surface area contributed by atoms with Gasteiger partial charge in [0.1, 0.15) is 0 Å². The first-order chi connectivity index (χ1) is 5.70. The zero-order chi connectivity index (χ0) is 8.97. The molecule has 1 N–H and O–H groups in total. The van der Waals surface area contributed by atoms with Crippen molar-refractivity contribution in [3.05, 3.63) is 30.1 Å². The molecule has 0 bridgehead atoms. The summed E-state index contributed by atoms with van der Waals surface area (Å²) >= 11 is 0. The highest BCUT2D eigenvalue weighted by Crippen LogP contribution is 2.10. The molecule has 2 nitrogen and oxygen atoms in total. The van der Waals surface area contributed by atoms with Crippen LogP contribution in [-0.4, -0.2) is 16.2 Å². The molecule has 0 saturated carbocycles. The molecule has 0 spiro atoms. The maximum atomic E-state index is 9.27. The summed E-state index contributed by atoms with van der Waals surface area (Å²) < 4.78 is 0. The predicted octanol–water partition coefficient (Wildman–Crippen LogP) is 1.64. The maximum Gasteiger partial charge on any atom is 0.0540 e. The second kappa shape index (κ2) is 4.21. The van der Waals surface area contributed by atoms with Gasteiger partial charge in [-0.15, -0.1) is 0 Å². The lowest BCUT2D eigenvalue weighted by Crippen LogP contribution is -2.15. The van der Waals surface area contributed by atoms with E-state index in [1.807, 2.05) is 26.0 Å². The van der Waals surface area contributed by atoms with E-state index in [0.29, 0.717) is 5.92 Å². The standard InChI is InChI=1S/C10H15NO/c1-8(9(2)12)7-10-3-5-11-6-4-10/h3-6,8-9,12H,7H2,1-2H3. The van der Waals surface area contributed by atoms with Crippen LogP contribution in [0, 0.1) is 5.92 Å². The fourth-order valence-electron chi connectivity index (χ4n) is 1.06. The van der Waals surface area contributed by atoms with Gasteiger partial charge in [-0.3, -0.25) is 4.98 Å². The number of aliphatic hydroxyl groups is 1. The molecule has 66 valence electrons. The first-order valence-corrected chi connectivity index (χ1v) is 4.27. The quantitative estimate of drug-likeness (QED) is 0.738. The predicted molar refractivity (Wildman–Crippen MR) is 48.8 cm³/mol. The average molecular weight is 165 g/mol. The summed E-state index contributed by atoms with van der Waals surface area (Å²) in [7, 11) is 0. The Morgan fingerprint density at radius 3 is 2.42 bits per heavy atom. The summed E-state index contributed by atoms with van der Waals surface area (Å²) in [6.07, 6.45) is 4.24. The summed E-state index contributed by atoms with van der Waals surface area (Å²) in [6, 6.07) is 3.97. The van der Waals surface area contributed by atoms with Crippen molar-refractivity contribution in [2.24, 2.45) is 5.92 Å². The third-order valence-corrected chi connectivity index (χ3v) is 2.13. The lowest BCUT2D eigenvalue weighted by molar-refractivity contribution is 0.135. The zero-order valence-electron chi connectivity index (χ0n) is 7.57. The number of rotatable bonds is 3. The van der Waals surface area contributed by atoms with Gasteiger partial charge in [0.05, 0.1) is 6.10 Å². The molecule has 2 heteroatoms. The van der Waals surface area contributed by atoms with E-state index in [9.17, 15) is 5.11 Å². The molecule has 2 unspecified atom stereocenters. The van der Waals surface area contributed by atoms with E-state index in [1.54, 1.807) is 12.4 Å². The van der Waals surface area contributed by atoms with Crippen LogP contribution in [0.3, 0.4) is 0 Å².